The third kappa shape index (κ3) is 5.61. The fraction of sp³-hybridized carbons (Fsp3) is 0.360. The van der Waals surface area contributed by atoms with Crippen molar-refractivity contribution in [3.05, 3.63) is 68.4 Å². The maximum Gasteiger partial charge on any atom is 0.324 e. The maximum atomic E-state index is 12.8. The van der Waals surface area contributed by atoms with Crippen LogP contribution in [0.25, 0.3) is 17.0 Å². The van der Waals surface area contributed by atoms with Gasteiger partial charge in [0, 0.05) is 43.5 Å². The number of nitrogens with zero attached hydrogens (tertiary/aromatic N) is 4. The highest BCUT2D eigenvalue weighted by Gasteiger charge is 2.24. The molecule has 4 rings (SSSR count). The van der Waals surface area contributed by atoms with Crippen LogP contribution in [0.15, 0.2) is 43.0 Å². The summed E-state index contributed by atoms with van der Waals surface area (Å²) in [6.45, 7) is 14.6. The molecule has 2 aromatic heterocycles. The number of aromatic nitrogens is 1. The van der Waals surface area contributed by atoms with Crippen LogP contribution in [0, 0.1) is 10.1 Å². The van der Waals surface area contributed by atoms with E-state index in [1.165, 1.54) is 29.0 Å². The second-order valence-corrected chi connectivity index (χ2v) is 11.7. The number of nitrogens with one attached hydrogen (secondary N) is 1. The van der Waals surface area contributed by atoms with Gasteiger partial charge in [0.2, 0.25) is 0 Å². The molecule has 10 heteroatoms. The number of hydrogen-bond donors (Lipinski definition) is 1. The summed E-state index contributed by atoms with van der Waals surface area (Å²) >= 11 is 2.22. The molecule has 0 aliphatic carbocycles. The Labute approximate surface area is 213 Å². The van der Waals surface area contributed by atoms with Gasteiger partial charge in [-0.2, -0.15) is 0 Å². The molecular formula is C25H29N5O3S2. The third-order valence-electron chi connectivity index (χ3n) is 6.01. The van der Waals surface area contributed by atoms with E-state index < -0.39 is 10.8 Å². The van der Waals surface area contributed by atoms with Crippen molar-refractivity contribution in [1.29, 1.82) is 0 Å². The molecule has 0 saturated carbocycles. The number of anilines is 1. The lowest BCUT2D eigenvalue weighted by atomic mass is 9.86. The van der Waals surface area contributed by atoms with E-state index in [4.69, 9.17) is 4.98 Å². The monoisotopic (exact) mass is 511 g/mol. The lowest BCUT2D eigenvalue weighted by molar-refractivity contribution is -0.380. The molecule has 35 heavy (non-hydrogen) atoms. The standard InChI is InChI=1S/C25H29N5O3S2/c1-16(29-14-12-28(5)13-15-29)22-21(17-6-8-18(9-7-17)25(2,3)4)26-24(35-22)27-23(31)19-10-11-20(34-19)30(32)33/h6-11H,1,12-15H2,2-5H3,(H,26,27,31). The number of thiophene rings is 1. The van der Waals surface area contributed by atoms with E-state index in [1.54, 1.807) is 0 Å². The van der Waals surface area contributed by atoms with Crippen molar-refractivity contribution >= 4 is 44.4 Å². The van der Waals surface area contributed by atoms with Gasteiger partial charge in [-0.05, 0) is 24.1 Å². The van der Waals surface area contributed by atoms with Gasteiger partial charge in [-0.3, -0.25) is 20.2 Å². The molecule has 8 nitrogen and oxygen atoms in total. The first-order valence-corrected chi connectivity index (χ1v) is 13.0. The maximum absolute atomic E-state index is 12.8. The molecule has 1 amide bonds. The zero-order valence-corrected chi connectivity index (χ0v) is 22.0. The first kappa shape index (κ1) is 25.0. The fourth-order valence-corrected chi connectivity index (χ4v) is 5.52. The van der Waals surface area contributed by atoms with E-state index in [2.05, 4.69) is 73.8 Å². The molecule has 1 saturated heterocycles. The number of likely N-dealkylation sites (N-methyl/N-ethyl adjacent to an activating group) is 1. The summed E-state index contributed by atoms with van der Waals surface area (Å²) in [5.41, 5.74) is 3.87. The Bertz CT molecular complexity index is 1250. The van der Waals surface area contributed by atoms with Crippen molar-refractivity contribution in [2.24, 2.45) is 0 Å². The quantitative estimate of drug-likeness (QED) is 0.345. The summed E-state index contributed by atoms with van der Waals surface area (Å²) in [5.74, 6) is -0.414. The number of hydrogen-bond acceptors (Lipinski definition) is 8. The van der Waals surface area contributed by atoms with Gasteiger partial charge in [0.1, 0.15) is 0 Å². The van der Waals surface area contributed by atoms with Gasteiger partial charge in [0.15, 0.2) is 5.13 Å². The second kappa shape index (κ2) is 9.88. The minimum atomic E-state index is -0.498. The van der Waals surface area contributed by atoms with Gasteiger partial charge in [-0.15, -0.1) is 0 Å². The minimum Gasteiger partial charge on any atom is -0.368 e. The van der Waals surface area contributed by atoms with Crippen LogP contribution in [0.3, 0.4) is 0 Å². The molecule has 0 atom stereocenters. The van der Waals surface area contributed by atoms with Crippen LogP contribution in [-0.2, 0) is 5.41 Å². The van der Waals surface area contributed by atoms with Gasteiger partial charge in [0.25, 0.3) is 5.91 Å². The number of piperazine rings is 1. The third-order valence-corrected chi connectivity index (χ3v) is 8.07. The Morgan fingerprint density at radius 2 is 1.74 bits per heavy atom. The van der Waals surface area contributed by atoms with E-state index in [0.717, 1.165) is 59.3 Å². The summed E-state index contributed by atoms with van der Waals surface area (Å²) < 4.78 is 0. The van der Waals surface area contributed by atoms with Crippen molar-refractivity contribution in [3.63, 3.8) is 0 Å². The van der Waals surface area contributed by atoms with Crippen LogP contribution in [0.5, 0.6) is 0 Å². The molecule has 1 aromatic carbocycles. The molecule has 0 unspecified atom stereocenters. The molecule has 3 heterocycles. The van der Waals surface area contributed by atoms with E-state index in [0.29, 0.717) is 5.13 Å². The van der Waals surface area contributed by atoms with Crippen molar-refractivity contribution in [2.45, 2.75) is 26.2 Å². The zero-order chi connectivity index (χ0) is 25.3. The van der Waals surface area contributed by atoms with Crippen LogP contribution in [-0.4, -0.2) is 58.8 Å². The van der Waals surface area contributed by atoms with Crippen molar-refractivity contribution in [1.82, 2.24) is 14.8 Å². The molecule has 1 N–H and O–H groups in total. The Morgan fingerprint density at radius 1 is 1.09 bits per heavy atom. The minimum absolute atomic E-state index is 0.0370. The number of nitro groups is 1. The van der Waals surface area contributed by atoms with Crippen molar-refractivity contribution in [2.75, 3.05) is 38.5 Å². The summed E-state index contributed by atoms with van der Waals surface area (Å²) in [4.78, 5) is 33.8. The van der Waals surface area contributed by atoms with E-state index in [-0.39, 0.29) is 15.3 Å². The summed E-state index contributed by atoms with van der Waals surface area (Å²) in [6, 6.07) is 11.1. The van der Waals surface area contributed by atoms with Gasteiger partial charge in [-0.25, -0.2) is 4.98 Å². The second-order valence-electron chi connectivity index (χ2n) is 9.61. The topological polar surface area (TPSA) is 91.6 Å². The predicted molar refractivity (Wildman–Crippen MR) is 143 cm³/mol. The first-order chi connectivity index (χ1) is 16.5. The molecular weight excluding hydrogens is 482 g/mol. The number of thiazole rings is 1. The van der Waals surface area contributed by atoms with Crippen LogP contribution >= 0.6 is 22.7 Å². The Hall–Kier alpha value is -3.08. The van der Waals surface area contributed by atoms with Gasteiger partial charge in [0.05, 0.1) is 20.4 Å². The van der Waals surface area contributed by atoms with Gasteiger partial charge < -0.3 is 9.80 Å². The average molecular weight is 512 g/mol. The molecule has 184 valence electrons. The fourth-order valence-electron chi connectivity index (χ4n) is 3.82. The molecule has 0 spiro atoms. The molecule has 0 radical (unpaired) electrons. The lowest BCUT2D eigenvalue weighted by Gasteiger charge is -2.35. The Balaban J connectivity index is 1.66. The number of carbonyl (C=O) groups excluding carboxylic acids is 1. The van der Waals surface area contributed by atoms with Crippen LogP contribution in [0.4, 0.5) is 10.1 Å². The normalized spacial score (nSPS) is 14.7. The number of benzene rings is 1. The highest BCUT2D eigenvalue weighted by molar-refractivity contribution is 7.18. The summed E-state index contributed by atoms with van der Waals surface area (Å²) in [6.07, 6.45) is 0. The largest absolute Gasteiger partial charge is 0.368 e. The SMILES string of the molecule is C=C(c1sc(NC(=O)c2ccc([N+](=O)[O-])s2)nc1-c1ccc(C(C)(C)C)cc1)N1CCN(C)CC1. The van der Waals surface area contributed by atoms with Crippen LogP contribution in [0.2, 0.25) is 0 Å². The van der Waals surface area contributed by atoms with E-state index >= 15 is 0 Å². The van der Waals surface area contributed by atoms with E-state index in [1.807, 2.05) is 0 Å². The Morgan fingerprint density at radius 3 is 2.31 bits per heavy atom. The highest BCUT2D eigenvalue weighted by atomic mass is 32.1. The molecule has 0 bridgehead atoms. The first-order valence-electron chi connectivity index (χ1n) is 11.3. The zero-order valence-electron chi connectivity index (χ0n) is 20.3. The van der Waals surface area contributed by atoms with Crippen molar-refractivity contribution in [3.8, 4) is 11.3 Å². The van der Waals surface area contributed by atoms with E-state index in [9.17, 15) is 14.9 Å². The molecule has 1 aliphatic rings. The smallest absolute Gasteiger partial charge is 0.324 e. The van der Waals surface area contributed by atoms with Crippen molar-refractivity contribution < 1.29 is 9.72 Å². The van der Waals surface area contributed by atoms with Gasteiger partial charge >= 0.3 is 5.00 Å². The summed E-state index contributed by atoms with van der Waals surface area (Å²) in [7, 11) is 2.11. The summed E-state index contributed by atoms with van der Waals surface area (Å²) in [5, 5.41) is 14.2. The van der Waals surface area contributed by atoms with Crippen LogP contribution < -0.4 is 5.32 Å². The molecule has 1 fully saturated rings. The average Bonchev–Trinajstić information content (AvgIpc) is 3.47. The van der Waals surface area contributed by atoms with Gasteiger partial charge in [-0.1, -0.05) is 74.3 Å². The predicted octanol–water partition coefficient (Wildman–Crippen LogP) is 5.55. The number of amides is 1. The van der Waals surface area contributed by atoms with Crippen LogP contribution in [0.1, 0.15) is 40.9 Å². The number of rotatable bonds is 6. The number of carbonyl (C=O) groups is 1. The lowest BCUT2D eigenvalue weighted by Crippen LogP contribution is -2.43. The highest BCUT2D eigenvalue weighted by Crippen LogP contribution is 2.38. The molecule has 3 aromatic rings. The Kier molecular flexibility index (Phi) is 7.07. The molecule has 1 aliphatic heterocycles.